The van der Waals surface area contributed by atoms with Crippen molar-refractivity contribution in [1.29, 1.82) is 0 Å². The Hall–Kier alpha value is -2.68. The van der Waals surface area contributed by atoms with Gasteiger partial charge in [0, 0.05) is 26.2 Å². The van der Waals surface area contributed by atoms with Crippen LogP contribution in [-0.4, -0.2) is 50.9 Å². The van der Waals surface area contributed by atoms with Crippen LogP contribution in [0.3, 0.4) is 0 Å². The van der Waals surface area contributed by atoms with Gasteiger partial charge in [-0.25, -0.2) is 17.8 Å². The van der Waals surface area contributed by atoms with E-state index in [1.54, 1.807) is 17.0 Å². The van der Waals surface area contributed by atoms with Gasteiger partial charge in [-0.05, 0) is 42.8 Å². The van der Waals surface area contributed by atoms with Crippen molar-refractivity contribution in [2.45, 2.75) is 11.8 Å². The van der Waals surface area contributed by atoms with Crippen LogP contribution >= 0.6 is 0 Å². The van der Waals surface area contributed by atoms with E-state index in [2.05, 4.69) is 9.71 Å². The predicted octanol–water partition coefficient (Wildman–Crippen LogP) is 1.61. The Balaban J connectivity index is 1.72. The van der Waals surface area contributed by atoms with E-state index in [0.717, 1.165) is 18.3 Å². The van der Waals surface area contributed by atoms with E-state index >= 15 is 0 Å². The van der Waals surface area contributed by atoms with Gasteiger partial charge in [0.05, 0.1) is 16.8 Å². The third-order valence-electron chi connectivity index (χ3n) is 4.21. The minimum Gasteiger partial charge on any atom is -0.353 e. The van der Waals surface area contributed by atoms with E-state index in [9.17, 15) is 17.6 Å². The van der Waals surface area contributed by atoms with Gasteiger partial charge in [0.15, 0.2) is 0 Å². The van der Waals surface area contributed by atoms with Crippen molar-refractivity contribution >= 4 is 27.9 Å². The zero-order valence-electron chi connectivity index (χ0n) is 14.2. The third kappa shape index (κ3) is 3.93. The Kier molecular flexibility index (Phi) is 5.08. The van der Waals surface area contributed by atoms with E-state index in [0.29, 0.717) is 37.4 Å². The smallest absolute Gasteiger partial charge is 0.262 e. The van der Waals surface area contributed by atoms with Gasteiger partial charge in [0.25, 0.3) is 10.0 Å². The maximum atomic E-state index is 13.2. The molecule has 1 aliphatic heterocycles. The number of hydrogen-bond acceptors (Lipinski definition) is 5. The summed E-state index contributed by atoms with van der Waals surface area (Å²) in [7, 11) is -3.82. The van der Waals surface area contributed by atoms with Crippen molar-refractivity contribution in [3.8, 4) is 0 Å². The van der Waals surface area contributed by atoms with Crippen LogP contribution < -0.4 is 9.62 Å². The number of anilines is 2. The summed E-state index contributed by atoms with van der Waals surface area (Å²) in [5.74, 6) is 0.235. The van der Waals surface area contributed by atoms with Gasteiger partial charge < -0.3 is 9.80 Å². The maximum absolute atomic E-state index is 13.2. The highest BCUT2D eigenvalue weighted by Gasteiger charge is 2.19. The monoisotopic (exact) mass is 378 g/mol. The summed E-state index contributed by atoms with van der Waals surface area (Å²) in [6.07, 6.45) is 2.28. The molecule has 1 N–H and O–H groups in total. The Morgan fingerprint density at radius 3 is 2.46 bits per heavy atom. The molecule has 0 aliphatic carbocycles. The molecule has 1 aliphatic rings. The van der Waals surface area contributed by atoms with E-state index in [4.69, 9.17) is 0 Å². The lowest BCUT2D eigenvalue weighted by Crippen LogP contribution is -2.46. The number of carbonyl (C=O) groups excluding carboxylic acids is 1. The SMILES string of the molecule is Cc1cc(F)ccc1S(=O)(=O)Nc1ccc(N2CCN(C=O)CC2)nc1. The summed E-state index contributed by atoms with van der Waals surface area (Å²) in [4.78, 5) is 18.8. The molecule has 26 heavy (non-hydrogen) atoms. The predicted molar refractivity (Wildman–Crippen MR) is 96.0 cm³/mol. The number of aryl methyl sites for hydroxylation is 1. The molecule has 0 radical (unpaired) electrons. The highest BCUT2D eigenvalue weighted by Crippen LogP contribution is 2.21. The molecule has 138 valence electrons. The minimum absolute atomic E-state index is 0.0213. The fourth-order valence-electron chi connectivity index (χ4n) is 2.81. The first-order valence-corrected chi connectivity index (χ1v) is 9.57. The molecule has 2 aromatic rings. The number of benzene rings is 1. The van der Waals surface area contributed by atoms with Crippen molar-refractivity contribution in [2.75, 3.05) is 35.8 Å². The van der Waals surface area contributed by atoms with Crippen LogP contribution in [0, 0.1) is 12.7 Å². The first-order valence-electron chi connectivity index (χ1n) is 8.08. The van der Waals surface area contributed by atoms with Crippen molar-refractivity contribution in [3.63, 3.8) is 0 Å². The number of nitrogens with zero attached hydrogens (tertiary/aromatic N) is 3. The van der Waals surface area contributed by atoms with Crippen LogP contribution in [0.25, 0.3) is 0 Å². The standard InChI is InChI=1S/C17H19FN4O3S/c1-13-10-14(18)2-4-16(13)26(24,25)20-15-3-5-17(19-11-15)22-8-6-21(12-23)7-9-22/h2-5,10-12,20H,6-9H2,1H3. The number of sulfonamides is 1. The molecule has 0 saturated carbocycles. The van der Waals surface area contributed by atoms with E-state index in [1.807, 2.05) is 4.90 Å². The fraction of sp³-hybridized carbons (Fsp3) is 0.294. The molecular weight excluding hydrogens is 359 g/mol. The molecule has 1 saturated heterocycles. The third-order valence-corrected chi connectivity index (χ3v) is 5.76. The Morgan fingerprint density at radius 1 is 1.15 bits per heavy atom. The van der Waals surface area contributed by atoms with Gasteiger partial charge >= 0.3 is 0 Å². The van der Waals surface area contributed by atoms with E-state index < -0.39 is 15.8 Å². The lowest BCUT2D eigenvalue weighted by Gasteiger charge is -2.33. The maximum Gasteiger partial charge on any atom is 0.262 e. The van der Waals surface area contributed by atoms with Crippen molar-refractivity contribution in [2.24, 2.45) is 0 Å². The van der Waals surface area contributed by atoms with E-state index in [1.165, 1.54) is 25.3 Å². The van der Waals surface area contributed by atoms with Crippen LogP contribution in [0.15, 0.2) is 41.4 Å². The van der Waals surface area contributed by atoms with Crippen LogP contribution in [0.4, 0.5) is 15.9 Å². The molecule has 7 nitrogen and oxygen atoms in total. The van der Waals surface area contributed by atoms with Crippen LogP contribution in [0.5, 0.6) is 0 Å². The van der Waals surface area contributed by atoms with Gasteiger partial charge in [-0.2, -0.15) is 0 Å². The molecule has 9 heteroatoms. The van der Waals surface area contributed by atoms with Crippen LogP contribution in [-0.2, 0) is 14.8 Å². The zero-order chi connectivity index (χ0) is 18.7. The molecule has 1 aromatic carbocycles. The lowest BCUT2D eigenvalue weighted by molar-refractivity contribution is -0.118. The Labute approximate surface area is 151 Å². The number of pyridine rings is 1. The summed E-state index contributed by atoms with van der Waals surface area (Å²) >= 11 is 0. The summed E-state index contributed by atoms with van der Waals surface area (Å²) in [6, 6.07) is 6.88. The van der Waals surface area contributed by atoms with Gasteiger partial charge in [-0.15, -0.1) is 0 Å². The molecule has 1 amide bonds. The molecule has 0 atom stereocenters. The van der Waals surface area contributed by atoms with E-state index in [-0.39, 0.29) is 4.90 Å². The Morgan fingerprint density at radius 2 is 1.88 bits per heavy atom. The molecular formula is C17H19FN4O3S. The molecule has 0 unspecified atom stereocenters. The summed E-state index contributed by atoms with van der Waals surface area (Å²) < 4.78 is 40.6. The lowest BCUT2D eigenvalue weighted by atomic mass is 10.2. The minimum atomic E-state index is -3.82. The first-order chi connectivity index (χ1) is 12.4. The number of amides is 1. The molecule has 3 rings (SSSR count). The average Bonchev–Trinajstić information content (AvgIpc) is 2.62. The Bertz CT molecular complexity index is 895. The quantitative estimate of drug-likeness (QED) is 0.800. The van der Waals surface area contributed by atoms with Gasteiger partial charge in [0.1, 0.15) is 11.6 Å². The highest BCUT2D eigenvalue weighted by molar-refractivity contribution is 7.92. The second kappa shape index (κ2) is 7.28. The fourth-order valence-corrected chi connectivity index (χ4v) is 4.09. The zero-order valence-corrected chi connectivity index (χ0v) is 15.0. The second-order valence-corrected chi connectivity index (χ2v) is 7.70. The largest absolute Gasteiger partial charge is 0.353 e. The normalized spacial score (nSPS) is 15.0. The van der Waals surface area contributed by atoms with Crippen molar-refractivity contribution in [3.05, 3.63) is 47.9 Å². The number of rotatable bonds is 5. The molecule has 0 bridgehead atoms. The number of carbonyl (C=O) groups is 1. The average molecular weight is 378 g/mol. The summed E-state index contributed by atoms with van der Waals surface area (Å²) in [6.45, 7) is 4.14. The number of aromatic nitrogens is 1. The van der Waals surface area contributed by atoms with Gasteiger partial charge in [-0.3, -0.25) is 9.52 Å². The van der Waals surface area contributed by atoms with Crippen LogP contribution in [0.1, 0.15) is 5.56 Å². The number of piperazine rings is 1. The highest BCUT2D eigenvalue weighted by atomic mass is 32.2. The molecule has 1 fully saturated rings. The van der Waals surface area contributed by atoms with Gasteiger partial charge in [0.2, 0.25) is 6.41 Å². The molecule has 2 heterocycles. The number of hydrogen-bond donors (Lipinski definition) is 1. The number of nitrogens with one attached hydrogen (secondary N) is 1. The molecule has 0 spiro atoms. The van der Waals surface area contributed by atoms with Gasteiger partial charge in [-0.1, -0.05) is 0 Å². The van der Waals surface area contributed by atoms with Crippen molar-refractivity contribution in [1.82, 2.24) is 9.88 Å². The summed E-state index contributed by atoms with van der Waals surface area (Å²) in [5.41, 5.74) is 0.652. The second-order valence-electron chi connectivity index (χ2n) is 6.05. The first kappa shape index (κ1) is 18.1. The summed E-state index contributed by atoms with van der Waals surface area (Å²) in [5, 5.41) is 0. The van der Waals surface area contributed by atoms with Crippen molar-refractivity contribution < 1.29 is 17.6 Å². The van der Waals surface area contributed by atoms with Crippen LogP contribution in [0.2, 0.25) is 0 Å². The molecule has 1 aromatic heterocycles. The topological polar surface area (TPSA) is 82.6 Å². The number of halogens is 1.